The summed E-state index contributed by atoms with van der Waals surface area (Å²) in [6, 6.07) is 18.7. The highest BCUT2D eigenvalue weighted by atomic mass is 16.5. The van der Waals surface area contributed by atoms with Gasteiger partial charge in [0.05, 0.1) is 0 Å². The Balaban J connectivity index is 1.59. The van der Waals surface area contributed by atoms with E-state index >= 15 is 0 Å². The fraction of sp³-hybridized carbons (Fsp3) is 0.0417. The molecule has 0 heterocycles. The van der Waals surface area contributed by atoms with Crippen molar-refractivity contribution in [3.8, 4) is 34.5 Å². The van der Waals surface area contributed by atoms with Gasteiger partial charge in [-0.1, -0.05) is 30.6 Å². The van der Waals surface area contributed by atoms with Crippen LogP contribution >= 0.6 is 0 Å². The Hall–Kier alpha value is -3.77. The second-order valence-electron chi connectivity index (χ2n) is 6.29. The molecule has 0 aliphatic heterocycles. The largest absolute Gasteiger partial charge is 0.508 e. The zero-order chi connectivity index (χ0) is 18.8. The van der Waals surface area contributed by atoms with Crippen LogP contribution in [0.2, 0.25) is 0 Å². The van der Waals surface area contributed by atoms with Gasteiger partial charge in [0.1, 0.15) is 11.5 Å². The Bertz CT molecular complexity index is 1110. The van der Waals surface area contributed by atoms with Crippen molar-refractivity contribution in [2.24, 2.45) is 0 Å². The molecule has 0 fully saturated rings. The van der Waals surface area contributed by atoms with Crippen LogP contribution in [0.5, 0.6) is 11.5 Å². The lowest BCUT2D eigenvalue weighted by Crippen LogP contribution is -2.03. The number of ether oxygens (including phenoxy) is 1. The van der Waals surface area contributed by atoms with Gasteiger partial charge in [-0.2, -0.15) is 0 Å². The van der Waals surface area contributed by atoms with Gasteiger partial charge in [0.25, 0.3) is 0 Å². The Morgan fingerprint density at radius 2 is 1.56 bits per heavy atom. The van der Waals surface area contributed by atoms with Crippen molar-refractivity contribution in [3.05, 3.63) is 95.6 Å². The molecular weight excluding hydrogens is 336 g/mol. The van der Waals surface area contributed by atoms with Gasteiger partial charge >= 0.3 is 5.97 Å². The van der Waals surface area contributed by atoms with Gasteiger partial charge in [-0.05, 0) is 77.2 Å². The van der Waals surface area contributed by atoms with E-state index in [0.717, 1.165) is 34.8 Å². The van der Waals surface area contributed by atoms with E-state index in [1.54, 1.807) is 30.3 Å². The number of phenols is 1. The Morgan fingerprint density at radius 3 is 2.30 bits per heavy atom. The minimum atomic E-state index is -0.461. The van der Waals surface area contributed by atoms with E-state index in [9.17, 15) is 9.90 Å². The molecule has 0 saturated carbocycles. The van der Waals surface area contributed by atoms with Crippen molar-refractivity contribution in [2.45, 2.75) is 6.42 Å². The average molecular weight is 352 g/mol. The third kappa shape index (κ3) is 3.47. The SMILES string of the molecule is C=CC(=O)Oc1ccc2c(c1)Cc1cc(C#Cc3ccc(O)cc3)ccc1-2. The van der Waals surface area contributed by atoms with E-state index in [1.807, 2.05) is 18.2 Å². The first-order valence-electron chi connectivity index (χ1n) is 8.54. The van der Waals surface area contributed by atoms with Crippen LogP contribution in [0.3, 0.4) is 0 Å². The van der Waals surface area contributed by atoms with Crippen LogP contribution < -0.4 is 4.74 Å². The summed E-state index contributed by atoms with van der Waals surface area (Å²) in [7, 11) is 0. The Kier molecular flexibility index (Phi) is 4.24. The highest BCUT2D eigenvalue weighted by Crippen LogP contribution is 2.38. The minimum absolute atomic E-state index is 0.231. The summed E-state index contributed by atoms with van der Waals surface area (Å²) in [6.07, 6.45) is 1.93. The van der Waals surface area contributed by atoms with E-state index in [4.69, 9.17) is 4.74 Å². The van der Waals surface area contributed by atoms with Crippen LogP contribution in [0.4, 0.5) is 0 Å². The summed E-state index contributed by atoms with van der Waals surface area (Å²) in [5.41, 5.74) is 6.46. The van der Waals surface area contributed by atoms with Crippen LogP contribution in [-0.4, -0.2) is 11.1 Å². The number of benzene rings is 3. The summed E-state index contributed by atoms with van der Waals surface area (Å²) in [4.78, 5) is 11.4. The molecule has 1 N–H and O–H groups in total. The van der Waals surface area contributed by atoms with Crippen molar-refractivity contribution in [3.63, 3.8) is 0 Å². The molecule has 3 aromatic rings. The van der Waals surface area contributed by atoms with Crippen LogP contribution in [-0.2, 0) is 11.2 Å². The summed E-state index contributed by atoms with van der Waals surface area (Å²) in [6.45, 7) is 3.42. The molecule has 0 bridgehead atoms. The number of carbonyl (C=O) groups is 1. The maximum atomic E-state index is 11.4. The first-order valence-corrected chi connectivity index (χ1v) is 8.54. The predicted molar refractivity (Wildman–Crippen MR) is 105 cm³/mol. The van der Waals surface area contributed by atoms with Crippen molar-refractivity contribution >= 4 is 5.97 Å². The molecule has 0 saturated heterocycles. The highest BCUT2D eigenvalue weighted by Gasteiger charge is 2.19. The topological polar surface area (TPSA) is 46.5 Å². The lowest BCUT2D eigenvalue weighted by atomic mass is 10.0. The Labute approximate surface area is 157 Å². The summed E-state index contributed by atoms with van der Waals surface area (Å²) in [5, 5.41) is 9.33. The second-order valence-corrected chi connectivity index (χ2v) is 6.29. The molecule has 0 spiro atoms. The molecule has 0 radical (unpaired) electrons. The van der Waals surface area contributed by atoms with Crippen molar-refractivity contribution in [1.29, 1.82) is 0 Å². The maximum absolute atomic E-state index is 11.4. The number of carbonyl (C=O) groups excluding carboxylic acids is 1. The standard InChI is InChI=1S/C24H16O3/c1-2-24(26)27-21-10-12-23-19(15-21)14-18-13-17(7-11-22(18)23)4-3-16-5-8-20(25)9-6-16/h2,5-13,15,25H,1,14H2. The molecule has 1 aliphatic carbocycles. The van der Waals surface area contributed by atoms with Gasteiger partial charge in [-0.3, -0.25) is 0 Å². The van der Waals surface area contributed by atoms with Crippen LogP contribution in [0, 0.1) is 11.8 Å². The predicted octanol–water partition coefficient (Wildman–Crippen LogP) is 4.45. The lowest BCUT2D eigenvalue weighted by molar-refractivity contribution is -0.128. The number of aromatic hydroxyl groups is 1. The van der Waals surface area contributed by atoms with Gasteiger partial charge in [0.2, 0.25) is 0 Å². The maximum Gasteiger partial charge on any atom is 0.335 e. The first-order chi connectivity index (χ1) is 13.1. The molecule has 3 aromatic carbocycles. The van der Waals surface area contributed by atoms with Gasteiger partial charge in [-0.25, -0.2) is 4.79 Å². The minimum Gasteiger partial charge on any atom is -0.508 e. The number of fused-ring (bicyclic) bond motifs is 3. The fourth-order valence-corrected chi connectivity index (χ4v) is 3.18. The Morgan fingerprint density at radius 1 is 0.926 bits per heavy atom. The van der Waals surface area contributed by atoms with Crippen LogP contribution in [0.25, 0.3) is 11.1 Å². The number of esters is 1. The molecule has 27 heavy (non-hydrogen) atoms. The highest BCUT2D eigenvalue weighted by molar-refractivity contribution is 5.84. The van der Waals surface area contributed by atoms with E-state index in [1.165, 1.54) is 11.1 Å². The molecule has 4 rings (SSSR count). The number of phenolic OH excluding ortho intramolecular Hbond substituents is 1. The summed E-state index contributed by atoms with van der Waals surface area (Å²) < 4.78 is 5.21. The van der Waals surface area contributed by atoms with Crippen molar-refractivity contribution in [2.75, 3.05) is 0 Å². The van der Waals surface area contributed by atoms with E-state index in [0.29, 0.717) is 5.75 Å². The van der Waals surface area contributed by atoms with Gasteiger partial charge in [0.15, 0.2) is 0 Å². The summed E-state index contributed by atoms with van der Waals surface area (Å²) >= 11 is 0. The van der Waals surface area contributed by atoms with Crippen LogP contribution in [0.15, 0.2) is 73.3 Å². The van der Waals surface area contributed by atoms with Crippen LogP contribution in [0.1, 0.15) is 22.3 Å². The normalized spacial score (nSPS) is 11.0. The number of hydrogen-bond donors (Lipinski definition) is 1. The molecule has 0 amide bonds. The van der Waals surface area contributed by atoms with Gasteiger partial charge < -0.3 is 9.84 Å². The summed E-state index contributed by atoms with van der Waals surface area (Å²) in [5.74, 6) is 6.58. The van der Waals surface area contributed by atoms with Gasteiger partial charge in [0, 0.05) is 17.2 Å². The van der Waals surface area contributed by atoms with Crippen molar-refractivity contribution < 1.29 is 14.6 Å². The zero-order valence-corrected chi connectivity index (χ0v) is 14.5. The lowest BCUT2D eigenvalue weighted by Gasteiger charge is -2.05. The molecule has 3 nitrogen and oxygen atoms in total. The molecular formula is C24H16O3. The molecule has 0 unspecified atom stereocenters. The molecule has 0 atom stereocenters. The third-order valence-corrected chi connectivity index (χ3v) is 4.46. The van der Waals surface area contributed by atoms with E-state index in [-0.39, 0.29) is 5.75 Å². The van der Waals surface area contributed by atoms with E-state index in [2.05, 4.69) is 30.6 Å². The quantitative estimate of drug-likeness (QED) is 0.251. The smallest absolute Gasteiger partial charge is 0.335 e. The van der Waals surface area contributed by atoms with Crippen molar-refractivity contribution in [1.82, 2.24) is 0 Å². The average Bonchev–Trinajstić information content (AvgIpc) is 3.04. The number of rotatable bonds is 2. The third-order valence-electron chi connectivity index (χ3n) is 4.46. The second kappa shape index (κ2) is 6.86. The molecule has 130 valence electrons. The van der Waals surface area contributed by atoms with Gasteiger partial charge in [-0.15, -0.1) is 0 Å². The zero-order valence-electron chi connectivity index (χ0n) is 14.5. The number of hydrogen-bond acceptors (Lipinski definition) is 3. The molecule has 1 aliphatic rings. The first kappa shape index (κ1) is 16.7. The monoisotopic (exact) mass is 352 g/mol. The fourth-order valence-electron chi connectivity index (χ4n) is 3.18. The molecule has 0 aromatic heterocycles. The molecule has 3 heteroatoms. The van der Waals surface area contributed by atoms with E-state index < -0.39 is 5.97 Å².